The Bertz CT molecular complexity index is 865. The normalized spacial score (nSPS) is 18.7. The molecule has 0 radical (unpaired) electrons. The van der Waals surface area contributed by atoms with Crippen LogP contribution in [0.3, 0.4) is 0 Å². The molecule has 0 unspecified atom stereocenters. The van der Waals surface area contributed by atoms with Gasteiger partial charge in [-0.25, -0.2) is 4.74 Å². The molecule has 3 rings (SSSR count). The van der Waals surface area contributed by atoms with Crippen LogP contribution in [0.1, 0.15) is 52.0 Å². The smallest absolute Gasteiger partial charge is 0.265 e. The number of pyridine rings is 1. The van der Waals surface area contributed by atoms with Crippen LogP contribution in [0.2, 0.25) is 0 Å². The fourth-order valence-corrected chi connectivity index (χ4v) is 8.49. The Morgan fingerprint density at radius 1 is 0.897 bits per heavy atom. The molecule has 158 valence electrons. The molecule has 1 aliphatic heterocycles. The lowest BCUT2D eigenvalue weighted by Gasteiger charge is -2.45. The lowest BCUT2D eigenvalue weighted by molar-refractivity contribution is -0.137. The van der Waals surface area contributed by atoms with Gasteiger partial charge in [-0.05, 0) is 37.1 Å². The maximum Gasteiger partial charge on any atom is 0.418 e. The fraction of sp³-hybridized carbons (Fsp3) is 0.500. The second-order valence-electron chi connectivity index (χ2n) is 8.46. The van der Waals surface area contributed by atoms with Gasteiger partial charge in [-0.3, -0.25) is 9.65 Å². The highest BCUT2D eigenvalue weighted by Crippen LogP contribution is 2.65. The molecule has 7 heteroatoms. The number of aromatic nitrogens is 1. The molecule has 0 spiro atoms. The van der Waals surface area contributed by atoms with Gasteiger partial charge >= 0.3 is 6.18 Å². The summed E-state index contributed by atoms with van der Waals surface area (Å²) in [6.07, 6.45) is 3.38. The first-order chi connectivity index (χ1) is 13.7. The monoisotopic (exact) mass is 423 g/mol. The van der Waals surface area contributed by atoms with Crippen LogP contribution in [0.15, 0.2) is 53.5 Å². The number of nitrogens with zero attached hydrogens (tertiary/aromatic N) is 3. The molecule has 0 amide bonds. The van der Waals surface area contributed by atoms with Gasteiger partial charge in [0.25, 0.3) is 0 Å². The third kappa shape index (κ3) is 4.59. The van der Waals surface area contributed by atoms with E-state index in [1.165, 1.54) is 12.1 Å². The number of rotatable bonds is 3. The van der Waals surface area contributed by atoms with Gasteiger partial charge in [0.15, 0.2) is 0 Å². The summed E-state index contributed by atoms with van der Waals surface area (Å²) in [5.41, 5.74) is -0.637. The molecule has 2 heterocycles. The minimum absolute atomic E-state index is 0.0318. The molecular formula is C22H29F3N3P. The number of halogens is 3. The Balaban J connectivity index is 2.35. The molecule has 0 bridgehead atoms. The molecule has 1 aromatic heterocycles. The molecule has 3 nitrogen and oxygen atoms in total. The van der Waals surface area contributed by atoms with Crippen molar-refractivity contribution in [1.29, 1.82) is 0 Å². The summed E-state index contributed by atoms with van der Waals surface area (Å²) >= 11 is 0. The lowest BCUT2D eigenvalue weighted by Crippen LogP contribution is -2.37. The zero-order valence-corrected chi connectivity index (χ0v) is 18.2. The summed E-state index contributed by atoms with van der Waals surface area (Å²) in [6.45, 7) is 8.01. The Morgan fingerprint density at radius 3 is 2.03 bits per heavy atom. The first kappa shape index (κ1) is 22.0. The number of alkyl halides is 3. The third-order valence-electron chi connectivity index (χ3n) is 5.41. The molecule has 0 N–H and O–H groups in total. The number of hydrogen-bond acceptors (Lipinski definition) is 2. The highest BCUT2D eigenvalue weighted by atomic mass is 31.2. The van der Waals surface area contributed by atoms with Crippen molar-refractivity contribution < 1.29 is 13.2 Å². The van der Waals surface area contributed by atoms with Crippen LogP contribution in [0.25, 0.3) is 0 Å². The maximum absolute atomic E-state index is 13.8. The fourth-order valence-electron chi connectivity index (χ4n) is 4.10. The van der Waals surface area contributed by atoms with Gasteiger partial charge in [0.2, 0.25) is 0 Å². The van der Waals surface area contributed by atoms with Crippen LogP contribution < -0.4 is 5.30 Å². The van der Waals surface area contributed by atoms with Crippen molar-refractivity contribution in [2.45, 2.75) is 57.8 Å². The Kier molecular flexibility index (Phi) is 6.54. The van der Waals surface area contributed by atoms with Gasteiger partial charge < -0.3 is 0 Å². The minimum Gasteiger partial charge on any atom is -0.265 e. The van der Waals surface area contributed by atoms with Gasteiger partial charge in [-0.2, -0.15) is 13.2 Å². The van der Waals surface area contributed by atoms with Crippen LogP contribution in [-0.4, -0.2) is 27.9 Å². The summed E-state index contributed by atoms with van der Waals surface area (Å²) in [5, 5.41) is 0.649. The summed E-state index contributed by atoms with van der Waals surface area (Å²) in [6, 6.07) is 9.57. The Morgan fingerprint density at radius 2 is 1.48 bits per heavy atom. The molecule has 1 aromatic carbocycles. The average molecular weight is 423 g/mol. The number of benzene rings is 1. The summed E-state index contributed by atoms with van der Waals surface area (Å²) < 4.78 is 48.7. The summed E-state index contributed by atoms with van der Waals surface area (Å²) in [5.74, 6) is 0. The third-order valence-corrected chi connectivity index (χ3v) is 10.0. The predicted molar refractivity (Wildman–Crippen MR) is 114 cm³/mol. The maximum atomic E-state index is 13.8. The van der Waals surface area contributed by atoms with E-state index in [2.05, 4.69) is 30.4 Å². The molecule has 2 aromatic rings. The molecule has 0 saturated carbocycles. The zero-order chi connectivity index (χ0) is 21.1. The summed E-state index contributed by atoms with van der Waals surface area (Å²) in [7, 11) is -2.54. The van der Waals surface area contributed by atoms with E-state index in [0.717, 1.165) is 50.1 Å². The second kappa shape index (κ2) is 8.61. The predicted octanol–water partition coefficient (Wildman–Crippen LogP) is 6.85. The highest BCUT2D eigenvalue weighted by molar-refractivity contribution is 7.73. The van der Waals surface area contributed by atoms with E-state index in [-0.39, 0.29) is 10.8 Å². The van der Waals surface area contributed by atoms with Crippen LogP contribution in [0.5, 0.6) is 0 Å². The van der Waals surface area contributed by atoms with Gasteiger partial charge in [-0.15, -0.1) is 0 Å². The first-order valence-electron chi connectivity index (χ1n) is 10.1. The van der Waals surface area contributed by atoms with Crippen LogP contribution >= 0.6 is 7.21 Å². The van der Waals surface area contributed by atoms with Crippen molar-refractivity contribution in [1.82, 2.24) is 9.65 Å². The van der Waals surface area contributed by atoms with E-state index in [0.29, 0.717) is 0 Å². The number of hydrogen-bond donors (Lipinski definition) is 0. The van der Waals surface area contributed by atoms with Crippen LogP contribution in [0.4, 0.5) is 18.9 Å². The zero-order valence-electron chi connectivity index (χ0n) is 17.3. The minimum atomic E-state index is -4.44. The quantitative estimate of drug-likeness (QED) is 0.505. The summed E-state index contributed by atoms with van der Waals surface area (Å²) in [4.78, 5) is 4.15. The van der Waals surface area contributed by atoms with E-state index in [4.69, 9.17) is 4.74 Å². The van der Waals surface area contributed by atoms with Crippen molar-refractivity contribution in [2.24, 2.45) is 4.74 Å². The van der Waals surface area contributed by atoms with Crippen molar-refractivity contribution in [3.05, 3.63) is 54.4 Å². The van der Waals surface area contributed by atoms with Crippen LogP contribution in [-0.2, 0) is 6.18 Å². The first-order valence-corrected chi connectivity index (χ1v) is 11.8. The molecule has 1 fully saturated rings. The molecule has 1 aliphatic rings. The van der Waals surface area contributed by atoms with Crippen molar-refractivity contribution in [3.63, 3.8) is 0 Å². The topological polar surface area (TPSA) is 28.5 Å². The van der Waals surface area contributed by atoms with Gasteiger partial charge in [0, 0.05) is 35.9 Å². The SMILES string of the molecule is CC(C)(C)[P@](=Nc1ccccc1C(F)(F)F)(c1ccncc1)N1CCCCCC1. The standard InChI is InChI=1S/C22H29F3N3P/c1-21(2,3)29(18-12-14-26-15-13-18,28-16-8-4-5-9-17-28)27-20-11-7-6-10-19(20)22(23,24)25/h6-7,10-15H,4-5,8-9,16-17H2,1-3H3/t29-/m0/s1. The lowest BCUT2D eigenvalue weighted by atomic mass is 10.2. The molecule has 0 aliphatic carbocycles. The van der Waals surface area contributed by atoms with Crippen molar-refractivity contribution in [2.75, 3.05) is 13.1 Å². The second-order valence-corrected chi connectivity index (χ2v) is 12.3. The van der Waals surface area contributed by atoms with Crippen molar-refractivity contribution >= 4 is 18.2 Å². The Hall–Kier alpha value is -1.65. The van der Waals surface area contributed by atoms with Gasteiger partial charge in [-0.1, -0.05) is 45.7 Å². The molecule has 29 heavy (non-hydrogen) atoms. The van der Waals surface area contributed by atoms with Gasteiger partial charge in [0.05, 0.1) is 18.5 Å². The van der Waals surface area contributed by atoms with E-state index in [1.54, 1.807) is 18.5 Å². The van der Waals surface area contributed by atoms with Crippen molar-refractivity contribution in [3.8, 4) is 0 Å². The molecule has 1 saturated heterocycles. The van der Waals surface area contributed by atoms with E-state index in [1.807, 2.05) is 12.1 Å². The van der Waals surface area contributed by atoms with Gasteiger partial charge in [0.1, 0.15) is 0 Å². The Labute approximate surface area is 171 Å². The average Bonchev–Trinajstić information content (AvgIpc) is 2.95. The largest absolute Gasteiger partial charge is 0.418 e. The van der Waals surface area contributed by atoms with E-state index >= 15 is 0 Å². The van der Waals surface area contributed by atoms with E-state index < -0.39 is 18.9 Å². The highest BCUT2D eigenvalue weighted by Gasteiger charge is 2.42. The van der Waals surface area contributed by atoms with Crippen LogP contribution in [0, 0.1) is 0 Å². The molecular weight excluding hydrogens is 394 g/mol. The molecule has 1 atom stereocenters. The van der Waals surface area contributed by atoms with E-state index in [9.17, 15) is 13.2 Å².